The van der Waals surface area contributed by atoms with Crippen molar-refractivity contribution >= 4 is 0 Å². The van der Waals surface area contributed by atoms with Crippen LogP contribution in [0.1, 0.15) is 64.2 Å². The van der Waals surface area contributed by atoms with E-state index in [0.29, 0.717) is 0 Å². The fraction of sp³-hybridized carbons (Fsp3) is 1.00. The van der Waals surface area contributed by atoms with Crippen LogP contribution < -0.4 is 0 Å². The van der Waals surface area contributed by atoms with E-state index in [1.54, 1.807) is 0 Å². The van der Waals surface area contributed by atoms with Gasteiger partial charge in [0.1, 0.15) is 11.4 Å². The van der Waals surface area contributed by atoms with Crippen molar-refractivity contribution < 1.29 is 4.74 Å². The second kappa shape index (κ2) is 4.19. The SMILES string of the molecule is CN1[C@@H]2CCC[C@@]1(O[C@]13CCC[C@H](CC1)N3C)CC2. The average molecular weight is 264 g/mol. The van der Waals surface area contributed by atoms with E-state index < -0.39 is 0 Å². The molecule has 19 heavy (non-hydrogen) atoms. The number of hydrogen-bond acceptors (Lipinski definition) is 3. The molecule has 3 nitrogen and oxygen atoms in total. The van der Waals surface area contributed by atoms with Crippen molar-refractivity contribution in [2.24, 2.45) is 0 Å². The van der Waals surface area contributed by atoms with Gasteiger partial charge in [-0.2, -0.15) is 0 Å². The Morgan fingerprint density at radius 1 is 0.737 bits per heavy atom. The molecular weight excluding hydrogens is 236 g/mol. The molecule has 0 aromatic rings. The highest BCUT2D eigenvalue weighted by atomic mass is 16.6. The lowest BCUT2D eigenvalue weighted by Crippen LogP contribution is -2.59. The number of rotatable bonds is 2. The molecule has 3 heteroatoms. The molecule has 4 aliphatic rings. The minimum atomic E-state index is 0.0728. The summed E-state index contributed by atoms with van der Waals surface area (Å²) in [4.78, 5) is 5.17. The maximum Gasteiger partial charge on any atom is 0.124 e. The smallest absolute Gasteiger partial charge is 0.124 e. The van der Waals surface area contributed by atoms with Crippen molar-refractivity contribution in [2.75, 3.05) is 14.1 Å². The van der Waals surface area contributed by atoms with E-state index in [1.807, 2.05) is 0 Å². The maximum atomic E-state index is 6.97. The summed E-state index contributed by atoms with van der Waals surface area (Å²) in [6, 6.07) is 1.58. The van der Waals surface area contributed by atoms with E-state index in [0.717, 1.165) is 12.1 Å². The third-order valence-corrected chi connectivity index (χ3v) is 6.71. The van der Waals surface area contributed by atoms with Crippen LogP contribution >= 0.6 is 0 Å². The van der Waals surface area contributed by atoms with Gasteiger partial charge in [0.2, 0.25) is 0 Å². The molecule has 0 unspecified atom stereocenters. The molecule has 0 spiro atoms. The van der Waals surface area contributed by atoms with Crippen molar-refractivity contribution in [1.82, 2.24) is 9.80 Å². The third kappa shape index (κ3) is 1.68. The van der Waals surface area contributed by atoms with E-state index in [2.05, 4.69) is 23.9 Å². The Morgan fingerprint density at radius 2 is 1.21 bits per heavy atom. The first-order valence-electron chi connectivity index (χ1n) is 8.31. The fourth-order valence-corrected chi connectivity index (χ4v) is 5.40. The van der Waals surface area contributed by atoms with Crippen LogP contribution in [0.15, 0.2) is 0 Å². The lowest BCUT2D eigenvalue weighted by atomic mass is 9.96. The molecule has 4 aliphatic heterocycles. The molecule has 4 fully saturated rings. The molecule has 108 valence electrons. The largest absolute Gasteiger partial charge is 0.339 e. The Labute approximate surface area is 117 Å². The Balaban J connectivity index is 1.60. The first kappa shape index (κ1) is 12.6. The second-order valence-corrected chi connectivity index (χ2v) is 7.39. The van der Waals surface area contributed by atoms with Gasteiger partial charge in [-0.25, -0.2) is 0 Å². The predicted octanol–water partition coefficient (Wildman–Crippen LogP) is 2.95. The highest BCUT2D eigenvalue weighted by Crippen LogP contribution is 2.51. The van der Waals surface area contributed by atoms with Gasteiger partial charge in [0, 0.05) is 12.1 Å². The van der Waals surface area contributed by atoms with E-state index in [1.165, 1.54) is 64.2 Å². The van der Waals surface area contributed by atoms with Gasteiger partial charge in [-0.3, -0.25) is 9.80 Å². The summed E-state index contributed by atoms with van der Waals surface area (Å²) in [6.07, 6.45) is 13.2. The van der Waals surface area contributed by atoms with Crippen LogP contribution in [-0.4, -0.2) is 47.4 Å². The molecule has 0 aliphatic carbocycles. The van der Waals surface area contributed by atoms with Gasteiger partial charge in [-0.15, -0.1) is 0 Å². The number of nitrogens with zero attached hydrogens (tertiary/aromatic N) is 2. The zero-order valence-corrected chi connectivity index (χ0v) is 12.5. The molecule has 0 saturated carbocycles. The Hall–Kier alpha value is -0.120. The maximum absolute atomic E-state index is 6.97. The number of ether oxygens (including phenoxy) is 1. The van der Waals surface area contributed by atoms with Gasteiger partial charge < -0.3 is 4.74 Å². The number of fused-ring (bicyclic) bond motifs is 4. The van der Waals surface area contributed by atoms with Crippen molar-refractivity contribution in [1.29, 1.82) is 0 Å². The summed E-state index contributed by atoms with van der Waals surface area (Å²) in [6.45, 7) is 0. The van der Waals surface area contributed by atoms with Crippen LogP contribution in [0.3, 0.4) is 0 Å². The minimum Gasteiger partial charge on any atom is -0.339 e. The van der Waals surface area contributed by atoms with Crippen LogP contribution in [0.25, 0.3) is 0 Å². The number of hydrogen-bond donors (Lipinski definition) is 0. The molecule has 0 aromatic carbocycles. The van der Waals surface area contributed by atoms with Crippen LogP contribution in [0.2, 0.25) is 0 Å². The highest BCUT2D eigenvalue weighted by molar-refractivity contribution is 5.03. The average Bonchev–Trinajstić information content (AvgIpc) is 2.73. The predicted molar refractivity (Wildman–Crippen MR) is 75.8 cm³/mol. The van der Waals surface area contributed by atoms with Gasteiger partial charge >= 0.3 is 0 Å². The van der Waals surface area contributed by atoms with E-state index in [9.17, 15) is 0 Å². The van der Waals surface area contributed by atoms with E-state index in [-0.39, 0.29) is 11.4 Å². The van der Waals surface area contributed by atoms with Crippen LogP contribution in [0.4, 0.5) is 0 Å². The molecule has 4 heterocycles. The van der Waals surface area contributed by atoms with Crippen molar-refractivity contribution in [2.45, 2.75) is 87.7 Å². The standard InChI is InChI=1S/C16H28N2O/c1-17-13-5-3-9-15(17,11-7-13)19-16-10-4-6-14(8-12-16)18(16)2/h13-14H,3-12H2,1-2H3/t13-,14-,15-,16-/m1/s1. The van der Waals surface area contributed by atoms with E-state index >= 15 is 0 Å². The van der Waals surface area contributed by atoms with Gasteiger partial charge in [0.05, 0.1) is 0 Å². The lowest BCUT2D eigenvalue weighted by molar-refractivity contribution is -0.274. The molecule has 4 atom stereocenters. The summed E-state index contributed by atoms with van der Waals surface area (Å²) in [5, 5.41) is 0. The third-order valence-electron chi connectivity index (χ3n) is 6.71. The molecule has 0 amide bonds. The molecule has 4 rings (SSSR count). The summed E-state index contributed by atoms with van der Waals surface area (Å²) >= 11 is 0. The van der Waals surface area contributed by atoms with Crippen molar-refractivity contribution in [3.63, 3.8) is 0 Å². The van der Waals surface area contributed by atoms with Gasteiger partial charge in [-0.1, -0.05) is 0 Å². The van der Waals surface area contributed by atoms with Crippen molar-refractivity contribution in [3.05, 3.63) is 0 Å². The quantitative estimate of drug-likeness (QED) is 0.762. The second-order valence-electron chi connectivity index (χ2n) is 7.39. The van der Waals surface area contributed by atoms with E-state index in [4.69, 9.17) is 4.74 Å². The molecule has 0 aromatic heterocycles. The van der Waals surface area contributed by atoms with Crippen LogP contribution in [0.5, 0.6) is 0 Å². The summed E-state index contributed by atoms with van der Waals surface area (Å²) in [5.74, 6) is 0. The van der Waals surface area contributed by atoms with Gasteiger partial charge in [0.25, 0.3) is 0 Å². The van der Waals surface area contributed by atoms with Crippen molar-refractivity contribution in [3.8, 4) is 0 Å². The highest BCUT2D eigenvalue weighted by Gasteiger charge is 2.56. The summed E-state index contributed by atoms with van der Waals surface area (Å²) < 4.78 is 6.97. The molecule has 0 N–H and O–H groups in total. The summed E-state index contributed by atoms with van der Waals surface area (Å²) in [5.41, 5.74) is 0.146. The topological polar surface area (TPSA) is 15.7 Å². The fourth-order valence-electron chi connectivity index (χ4n) is 5.40. The Kier molecular flexibility index (Phi) is 2.78. The minimum absolute atomic E-state index is 0.0728. The zero-order valence-electron chi connectivity index (χ0n) is 12.5. The van der Waals surface area contributed by atoms with Gasteiger partial charge in [-0.05, 0) is 78.3 Å². The molecular formula is C16H28N2O. The summed E-state index contributed by atoms with van der Waals surface area (Å²) in [7, 11) is 4.62. The van der Waals surface area contributed by atoms with Crippen LogP contribution in [-0.2, 0) is 4.74 Å². The first-order valence-corrected chi connectivity index (χ1v) is 8.31. The first-order chi connectivity index (χ1) is 9.15. The van der Waals surface area contributed by atoms with Crippen LogP contribution in [0, 0.1) is 0 Å². The Bertz CT molecular complexity index is 332. The molecule has 4 saturated heterocycles. The number of piperidine rings is 2. The normalized spacial score (nSPS) is 50.8. The Morgan fingerprint density at radius 3 is 1.68 bits per heavy atom. The van der Waals surface area contributed by atoms with Gasteiger partial charge in [0.15, 0.2) is 0 Å². The molecule has 0 radical (unpaired) electrons. The lowest BCUT2D eigenvalue weighted by Gasteiger charge is -2.51. The zero-order chi connectivity index (χ0) is 13.1. The monoisotopic (exact) mass is 264 g/mol. The molecule has 4 bridgehead atoms.